The van der Waals surface area contributed by atoms with Crippen molar-refractivity contribution in [2.75, 3.05) is 19.6 Å². The van der Waals surface area contributed by atoms with E-state index in [0.29, 0.717) is 23.6 Å². The molecule has 0 spiro atoms. The molecule has 3 heterocycles. The zero-order valence-corrected chi connectivity index (χ0v) is 14.8. The Morgan fingerprint density at radius 2 is 1.59 bits per heavy atom. The maximum Gasteiger partial charge on any atom is 0.509 e. The summed E-state index contributed by atoms with van der Waals surface area (Å²) in [5, 5.41) is 0. The lowest BCUT2D eigenvalue weighted by atomic mass is 9.86. The molecule has 0 N–H and O–H groups in total. The molecule has 3 fully saturated rings. The molecule has 4 nitrogen and oxygen atoms in total. The lowest BCUT2D eigenvalue weighted by Gasteiger charge is -2.43. The second kappa shape index (κ2) is 7.64. The van der Waals surface area contributed by atoms with Gasteiger partial charge in [0.2, 0.25) is 0 Å². The van der Waals surface area contributed by atoms with Gasteiger partial charge < -0.3 is 9.47 Å². The third-order valence-electron chi connectivity index (χ3n) is 5.36. The summed E-state index contributed by atoms with van der Waals surface area (Å²) in [7, 11) is 0. The SMILES string of the molecule is O=C(OC(c1cccc(F)c1)c1cccc(F)c1)O[C@H]1CN2CCC1CC2. The average molecular weight is 373 g/mol. The third kappa shape index (κ3) is 4.11. The highest BCUT2D eigenvalue weighted by Crippen LogP contribution is 2.32. The highest BCUT2D eigenvalue weighted by Gasteiger charge is 2.37. The average Bonchev–Trinajstić information content (AvgIpc) is 2.67. The molecule has 0 saturated carbocycles. The van der Waals surface area contributed by atoms with Crippen LogP contribution in [-0.2, 0) is 9.47 Å². The standard InChI is InChI=1S/C21H21F2NO3/c22-17-5-1-3-15(11-17)20(16-4-2-6-18(23)12-16)27-21(25)26-19-13-24-9-7-14(19)8-10-24/h1-6,11-12,14,19-20H,7-10,13H2/t19-/m0/s1. The highest BCUT2D eigenvalue weighted by atomic mass is 19.1. The van der Waals surface area contributed by atoms with Crippen molar-refractivity contribution in [2.24, 2.45) is 5.92 Å². The Morgan fingerprint density at radius 1 is 1.00 bits per heavy atom. The summed E-state index contributed by atoms with van der Waals surface area (Å²) in [5.41, 5.74) is 0.845. The van der Waals surface area contributed by atoms with E-state index in [1.165, 1.54) is 36.4 Å². The van der Waals surface area contributed by atoms with Gasteiger partial charge in [-0.25, -0.2) is 13.6 Å². The van der Waals surface area contributed by atoms with Crippen LogP contribution in [-0.4, -0.2) is 36.8 Å². The number of piperidine rings is 3. The summed E-state index contributed by atoms with van der Waals surface area (Å²) in [6.45, 7) is 2.79. The van der Waals surface area contributed by atoms with Crippen LogP contribution in [0.3, 0.4) is 0 Å². The molecule has 1 atom stereocenters. The Morgan fingerprint density at radius 3 is 2.07 bits per heavy atom. The molecule has 2 aromatic rings. The van der Waals surface area contributed by atoms with Gasteiger partial charge in [-0.3, -0.25) is 4.90 Å². The zero-order chi connectivity index (χ0) is 18.8. The van der Waals surface area contributed by atoms with Gasteiger partial charge in [0.25, 0.3) is 0 Å². The van der Waals surface area contributed by atoms with Crippen LogP contribution in [0.5, 0.6) is 0 Å². The van der Waals surface area contributed by atoms with E-state index in [2.05, 4.69) is 4.90 Å². The van der Waals surface area contributed by atoms with Gasteiger partial charge in [-0.1, -0.05) is 24.3 Å². The number of hydrogen-bond acceptors (Lipinski definition) is 4. The molecule has 6 heteroatoms. The molecular weight excluding hydrogens is 352 g/mol. The van der Waals surface area contributed by atoms with E-state index >= 15 is 0 Å². The Labute approximate surface area is 156 Å². The largest absolute Gasteiger partial charge is 0.509 e. The maximum atomic E-state index is 13.7. The summed E-state index contributed by atoms with van der Waals surface area (Å²) in [4.78, 5) is 14.7. The first-order valence-electron chi connectivity index (χ1n) is 9.19. The van der Waals surface area contributed by atoms with Gasteiger partial charge in [0, 0.05) is 17.7 Å². The van der Waals surface area contributed by atoms with E-state index in [0.717, 1.165) is 25.9 Å². The molecule has 0 aliphatic carbocycles. The van der Waals surface area contributed by atoms with Crippen molar-refractivity contribution in [1.29, 1.82) is 0 Å². The summed E-state index contributed by atoms with van der Waals surface area (Å²) in [6, 6.07) is 11.5. The number of rotatable bonds is 4. The second-order valence-electron chi connectivity index (χ2n) is 7.15. The number of ether oxygens (including phenoxy) is 2. The maximum absolute atomic E-state index is 13.7. The van der Waals surface area contributed by atoms with Gasteiger partial charge in [0.05, 0.1) is 0 Å². The Hall–Kier alpha value is -2.47. The molecule has 5 rings (SSSR count). The quantitative estimate of drug-likeness (QED) is 0.749. The Bertz CT molecular complexity index is 775. The van der Waals surface area contributed by atoms with Crippen molar-refractivity contribution in [3.63, 3.8) is 0 Å². The molecule has 0 amide bonds. The number of nitrogens with zero attached hydrogens (tertiary/aromatic N) is 1. The van der Waals surface area contributed by atoms with E-state index in [9.17, 15) is 13.6 Å². The molecule has 142 valence electrons. The number of carbonyl (C=O) groups is 1. The van der Waals surface area contributed by atoms with Crippen LogP contribution >= 0.6 is 0 Å². The van der Waals surface area contributed by atoms with Gasteiger partial charge >= 0.3 is 6.16 Å². The van der Waals surface area contributed by atoms with E-state index in [-0.39, 0.29) is 6.10 Å². The van der Waals surface area contributed by atoms with Gasteiger partial charge in [-0.15, -0.1) is 0 Å². The second-order valence-corrected chi connectivity index (χ2v) is 7.15. The summed E-state index contributed by atoms with van der Waals surface area (Å²) < 4.78 is 38.5. The van der Waals surface area contributed by atoms with Gasteiger partial charge in [0.15, 0.2) is 6.10 Å². The van der Waals surface area contributed by atoms with Crippen molar-refractivity contribution in [1.82, 2.24) is 4.90 Å². The predicted molar refractivity (Wildman–Crippen MR) is 95.2 cm³/mol. The van der Waals surface area contributed by atoms with Gasteiger partial charge in [-0.2, -0.15) is 0 Å². The Balaban J connectivity index is 1.53. The number of fused-ring (bicyclic) bond motifs is 3. The minimum Gasteiger partial charge on any atom is -0.429 e. The smallest absolute Gasteiger partial charge is 0.429 e. The molecule has 27 heavy (non-hydrogen) atoms. The van der Waals surface area contributed by atoms with Crippen LogP contribution in [0, 0.1) is 17.6 Å². The highest BCUT2D eigenvalue weighted by molar-refractivity contribution is 5.61. The molecule has 3 saturated heterocycles. The summed E-state index contributed by atoms with van der Waals surface area (Å²) in [5.74, 6) is -0.559. The van der Waals surface area contributed by atoms with Crippen LogP contribution in [0.2, 0.25) is 0 Å². The normalized spacial score (nSPS) is 24.0. The molecule has 3 aliphatic rings. The van der Waals surface area contributed by atoms with Crippen molar-refractivity contribution >= 4 is 6.16 Å². The predicted octanol–water partition coefficient (Wildman–Crippen LogP) is 4.30. The lowest BCUT2D eigenvalue weighted by Crippen LogP contribution is -2.52. The molecule has 3 aliphatic heterocycles. The van der Waals surface area contributed by atoms with Crippen LogP contribution in [0.15, 0.2) is 48.5 Å². The number of halogens is 2. The molecular formula is C21H21F2NO3. The zero-order valence-electron chi connectivity index (χ0n) is 14.8. The first-order valence-corrected chi connectivity index (χ1v) is 9.19. The summed E-state index contributed by atoms with van der Waals surface area (Å²) in [6.07, 6.45) is 0.0718. The minimum absolute atomic E-state index is 0.194. The van der Waals surface area contributed by atoms with E-state index < -0.39 is 23.9 Å². The van der Waals surface area contributed by atoms with Crippen molar-refractivity contribution in [3.8, 4) is 0 Å². The summed E-state index contributed by atoms with van der Waals surface area (Å²) >= 11 is 0. The van der Waals surface area contributed by atoms with E-state index in [1.807, 2.05) is 0 Å². The number of benzene rings is 2. The first kappa shape index (κ1) is 17.9. The van der Waals surface area contributed by atoms with Crippen molar-refractivity contribution in [2.45, 2.75) is 25.0 Å². The van der Waals surface area contributed by atoms with E-state index in [1.54, 1.807) is 12.1 Å². The van der Waals surface area contributed by atoms with Crippen LogP contribution in [0.25, 0.3) is 0 Å². The number of hydrogen-bond donors (Lipinski definition) is 0. The number of carbonyl (C=O) groups excluding carboxylic acids is 1. The monoisotopic (exact) mass is 373 g/mol. The Kier molecular flexibility index (Phi) is 5.07. The van der Waals surface area contributed by atoms with Gasteiger partial charge in [-0.05, 0) is 56.1 Å². The molecule has 0 radical (unpaired) electrons. The minimum atomic E-state index is -0.940. The molecule has 0 unspecified atom stereocenters. The van der Waals surface area contributed by atoms with Crippen molar-refractivity contribution in [3.05, 3.63) is 71.3 Å². The lowest BCUT2D eigenvalue weighted by molar-refractivity contribution is -0.0642. The fourth-order valence-electron chi connectivity index (χ4n) is 3.96. The molecule has 2 bridgehead atoms. The van der Waals surface area contributed by atoms with Gasteiger partial charge in [0.1, 0.15) is 17.7 Å². The topological polar surface area (TPSA) is 38.8 Å². The molecule has 2 aromatic carbocycles. The van der Waals surface area contributed by atoms with Crippen LogP contribution in [0.4, 0.5) is 13.6 Å². The fraction of sp³-hybridized carbons (Fsp3) is 0.381. The van der Waals surface area contributed by atoms with Crippen LogP contribution < -0.4 is 0 Å². The van der Waals surface area contributed by atoms with E-state index in [4.69, 9.17) is 9.47 Å². The fourth-order valence-corrected chi connectivity index (χ4v) is 3.96. The molecule has 0 aromatic heterocycles. The van der Waals surface area contributed by atoms with Crippen molar-refractivity contribution < 1.29 is 23.0 Å². The van der Waals surface area contributed by atoms with Crippen LogP contribution in [0.1, 0.15) is 30.1 Å². The third-order valence-corrected chi connectivity index (χ3v) is 5.36. The first-order chi connectivity index (χ1) is 13.1.